The van der Waals surface area contributed by atoms with Crippen molar-refractivity contribution < 1.29 is 32.2 Å². The maximum atomic E-state index is 14.6. The largest absolute Gasteiger partial charge is 0.573 e. The molecule has 3 heterocycles. The normalized spacial score (nSPS) is 23.6. The van der Waals surface area contributed by atoms with E-state index in [9.17, 15) is 27.5 Å². The van der Waals surface area contributed by atoms with E-state index >= 15 is 0 Å². The Bertz CT molecular complexity index is 1140. The predicted octanol–water partition coefficient (Wildman–Crippen LogP) is 2.33. The molecule has 1 amide bonds. The maximum Gasteiger partial charge on any atom is 0.573 e. The van der Waals surface area contributed by atoms with Gasteiger partial charge >= 0.3 is 6.36 Å². The van der Waals surface area contributed by atoms with Gasteiger partial charge in [0.05, 0.1) is 6.04 Å². The molecule has 1 aromatic heterocycles. The number of alkyl halides is 3. The number of nitrogens with one attached hydrogen (secondary N) is 1. The van der Waals surface area contributed by atoms with Crippen LogP contribution in [0.1, 0.15) is 19.3 Å². The number of amides is 1. The minimum absolute atomic E-state index is 0.00949. The number of hydrogen-bond acceptors (Lipinski definition) is 9. The van der Waals surface area contributed by atoms with Gasteiger partial charge in [0.25, 0.3) is 0 Å². The highest BCUT2D eigenvalue weighted by molar-refractivity contribution is 6.31. The zero-order chi connectivity index (χ0) is 26.9. The van der Waals surface area contributed by atoms with Crippen LogP contribution in [0.25, 0.3) is 0 Å². The summed E-state index contributed by atoms with van der Waals surface area (Å²) in [6.45, 7) is 0.799. The number of aliphatic hydroxyl groups is 1. The van der Waals surface area contributed by atoms with Crippen LogP contribution in [0.15, 0.2) is 24.5 Å². The minimum Gasteiger partial charge on any atom is -0.406 e. The summed E-state index contributed by atoms with van der Waals surface area (Å²) in [5.74, 6) is -2.48. The average molecular weight is 548 g/mol. The second-order valence-electron chi connectivity index (χ2n) is 8.95. The van der Waals surface area contributed by atoms with Crippen molar-refractivity contribution >= 4 is 34.8 Å². The predicted molar refractivity (Wildman–Crippen MR) is 127 cm³/mol. The van der Waals surface area contributed by atoms with Crippen molar-refractivity contribution in [2.75, 3.05) is 35.6 Å². The van der Waals surface area contributed by atoms with E-state index in [4.69, 9.17) is 23.1 Å². The summed E-state index contributed by atoms with van der Waals surface area (Å²) < 4.78 is 56.6. The van der Waals surface area contributed by atoms with Crippen LogP contribution in [0.5, 0.6) is 5.75 Å². The van der Waals surface area contributed by atoms with E-state index in [1.54, 1.807) is 9.80 Å². The first-order valence-electron chi connectivity index (χ1n) is 11.5. The molecule has 0 aliphatic carbocycles. The number of halogens is 5. The lowest BCUT2D eigenvalue weighted by atomic mass is 9.87. The molecule has 4 atom stereocenters. The van der Waals surface area contributed by atoms with Crippen molar-refractivity contribution in [1.82, 2.24) is 14.9 Å². The van der Waals surface area contributed by atoms with Gasteiger partial charge in [-0.2, -0.15) is 4.39 Å². The molecule has 202 valence electrons. The summed E-state index contributed by atoms with van der Waals surface area (Å²) in [5, 5.41) is 13.2. The van der Waals surface area contributed by atoms with E-state index in [0.29, 0.717) is 32.4 Å². The van der Waals surface area contributed by atoms with Crippen molar-refractivity contribution in [1.29, 1.82) is 0 Å². The first-order valence-corrected chi connectivity index (χ1v) is 11.9. The molecule has 2 fully saturated rings. The number of benzene rings is 1. The SMILES string of the molecule is Nc1ncnc(N2CC[C@H](C(N)O)[C@@H](N3CCC[C@@H](Nc4cc(Cl)cc(OC(F)(F)F)c4)C3=O)C2)c1F. The second kappa shape index (κ2) is 10.7. The smallest absolute Gasteiger partial charge is 0.406 e. The molecule has 37 heavy (non-hydrogen) atoms. The monoisotopic (exact) mass is 547 g/mol. The minimum atomic E-state index is -4.90. The van der Waals surface area contributed by atoms with Gasteiger partial charge in [0.1, 0.15) is 24.3 Å². The summed E-state index contributed by atoms with van der Waals surface area (Å²) in [4.78, 5) is 24.3. The van der Waals surface area contributed by atoms with Gasteiger partial charge in [0.15, 0.2) is 11.6 Å². The third kappa shape index (κ3) is 6.25. The summed E-state index contributed by atoms with van der Waals surface area (Å²) >= 11 is 5.96. The lowest BCUT2D eigenvalue weighted by Gasteiger charge is -2.47. The third-order valence-electron chi connectivity index (χ3n) is 6.49. The molecule has 6 N–H and O–H groups in total. The lowest BCUT2D eigenvalue weighted by Crippen LogP contribution is -2.62. The average Bonchev–Trinajstić information content (AvgIpc) is 2.80. The van der Waals surface area contributed by atoms with E-state index in [2.05, 4.69) is 20.0 Å². The quantitative estimate of drug-likeness (QED) is 0.316. The molecule has 2 aliphatic heterocycles. The Balaban J connectivity index is 1.55. The van der Waals surface area contributed by atoms with Gasteiger partial charge in [0.2, 0.25) is 11.7 Å². The van der Waals surface area contributed by atoms with E-state index in [1.165, 1.54) is 6.07 Å². The van der Waals surface area contributed by atoms with Gasteiger partial charge in [-0.3, -0.25) is 4.79 Å². The molecule has 0 saturated carbocycles. The topological polar surface area (TPSA) is 143 Å². The van der Waals surface area contributed by atoms with Gasteiger partial charge < -0.3 is 36.4 Å². The Labute approximate surface area is 214 Å². The van der Waals surface area contributed by atoms with E-state index in [1.807, 2.05) is 0 Å². The van der Waals surface area contributed by atoms with Crippen LogP contribution in [0.2, 0.25) is 5.02 Å². The van der Waals surface area contributed by atoms with Crippen LogP contribution in [0.3, 0.4) is 0 Å². The number of nitrogens with two attached hydrogens (primary N) is 2. The molecule has 0 spiro atoms. The highest BCUT2D eigenvalue weighted by Crippen LogP contribution is 2.33. The molecule has 2 saturated heterocycles. The van der Waals surface area contributed by atoms with Crippen LogP contribution in [0, 0.1) is 11.7 Å². The number of piperidine rings is 2. The van der Waals surface area contributed by atoms with Gasteiger partial charge in [0, 0.05) is 42.3 Å². The Hall–Kier alpha value is -3.10. The Morgan fingerprint density at radius 2 is 1.97 bits per heavy atom. The molecule has 2 aromatic rings. The van der Waals surface area contributed by atoms with Crippen LogP contribution in [-0.2, 0) is 4.79 Å². The Morgan fingerprint density at radius 1 is 1.22 bits per heavy atom. The first kappa shape index (κ1) is 26.9. The number of hydrogen-bond donors (Lipinski definition) is 4. The zero-order valence-electron chi connectivity index (χ0n) is 19.5. The molecule has 1 aromatic carbocycles. The second-order valence-corrected chi connectivity index (χ2v) is 9.38. The van der Waals surface area contributed by atoms with Crippen LogP contribution in [0.4, 0.5) is 34.9 Å². The molecule has 1 unspecified atom stereocenters. The summed E-state index contributed by atoms with van der Waals surface area (Å²) in [7, 11) is 0. The molecular weight excluding hydrogens is 522 g/mol. The summed E-state index contributed by atoms with van der Waals surface area (Å²) in [5.41, 5.74) is 11.6. The number of aliphatic hydroxyl groups excluding tert-OH is 1. The number of nitrogen functional groups attached to an aromatic ring is 1. The fraction of sp³-hybridized carbons (Fsp3) is 0.500. The highest BCUT2D eigenvalue weighted by Gasteiger charge is 2.42. The molecular formula is C22H26ClF4N7O3. The van der Waals surface area contributed by atoms with Gasteiger partial charge in [-0.1, -0.05) is 11.6 Å². The number of likely N-dealkylation sites (tertiary alicyclic amines) is 1. The summed E-state index contributed by atoms with van der Waals surface area (Å²) in [6.07, 6.45) is -3.68. The fourth-order valence-electron chi connectivity index (χ4n) is 4.87. The van der Waals surface area contributed by atoms with Crippen molar-refractivity contribution in [2.24, 2.45) is 11.7 Å². The van der Waals surface area contributed by atoms with Crippen molar-refractivity contribution in [3.05, 3.63) is 35.4 Å². The van der Waals surface area contributed by atoms with Crippen molar-refractivity contribution in [3.8, 4) is 5.75 Å². The molecule has 0 bridgehead atoms. The lowest BCUT2D eigenvalue weighted by molar-refractivity contribution is -0.274. The Kier molecular flexibility index (Phi) is 7.80. The molecule has 0 radical (unpaired) electrons. The van der Waals surface area contributed by atoms with E-state index < -0.39 is 42.2 Å². The Morgan fingerprint density at radius 3 is 2.68 bits per heavy atom. The fourth-order valence-corrected chi connectivity index (χ4v) is 5.09. The maximum absolute atomic E-state index is 14.6. The number of carbonyl (C=O) groups excluding carboxylic acids is 1. The number of anilines is 3. The summed E-state index contributed by atoms with van der Waals surface area (Å²) in [6, 6.07) is 2.11. The molecule has 15 heteroatoms. The number of carbonyl (C=O) groups is 1. The van der Waals surface area contributed by atoms with Crippen LogP contribution < -0.4 is 26.4 Å². The first-order chi connectivity index (χ1) is 17.4. The number of aromatic nitrogens is 2. The van der Waals surface area contributed by atoms with Gasteiger partial charge in [-0.15, -0.1) is 13.2 Å². The van der Waals surface area contributed by atoms with Gasteiger partial charge in [-0.25, -0.2) is 9.97 Å². The standard InChI is InChI=1S/C22H26ClF4N7O3/c23-11-6-12(8-13(7-11)37-22(25,26)27)32-15-2-1-4-34(21(15)36)16-9-33(5-3-14(16)19(29)35)20-17(24)18(28)30-10-31-20/h6-8,10,14-16,19,32,35H,1-5,9,29H2,(H2,28,30,31)/t14-,15+,16-,19?/m0/s1. The molecule has 10 nitrogen and oxygen atoms in total. The highest BCUT2D eigenvalue weighted by atomic mass is 35.5. The van der Waals surface area contributed by atoms with Crippen LogP contribution in [-0.4, -0.2) is 70.2 Å². The van der Waals surface area contributed by atoms with Crippen molar-refractivity contribution in [2.45, 2.75) is 43.9 Å². The zero-order valence-corrected chi connectivity index (χ0v) is 20.2. The van der Waals surface area contributed by atoms with Gasteiger partial charge in [-0.05, 0) is 31.4 Å². The van der Waals surface area contributed by atoms with Crippen LogP contribution >= 0.6 is 11.6 Å². The van der Waals surface area contributed by atoms with Crippen molar-refractivity contribution in [3.63, 3.8) is 0 Å². The number of nitrogens with zero attached hydrogens (tertiary/aromatic N) is 4. The molecule has 2 aliphatic rings. The third-order valence-corrected chi connectivity index (χ3v) is 6.71. The van der Waals surface area contributed by atoms with E-state index in [-0.39, 0.29) is 34.8 Å². The number of rotatable bonds is 6. The number of ether oxygens (including phenoxy) is 1. The molecule has 4 rings (SSSR count). The van der Waals surface area contributed by atoms with E-state index in [0.717, 1.165) is 18.5 Å².